The average Bonchev–Trinajstić information content (AvgIpc) is 2.17. The molecule has 0 aromatic rings. The number of nitrogens with zero attached hydrogens (tertiary/aromatic N) is 1. The van der Waals surface area contributed by atoms with Crippen LogP contribution in [-0.4, -0.2) is 12.6 Å². The first-order valence-corrected chi connectivity index (χ1v) is 5.18. The second kappa shape index (κ2) is 7.37. The summed E-state index contributed by atoms with van der Waals surface area (Å²) in [7, 11) is 0. The third kappa shape index (κ3) is 5.58. The minimum atomic E-state index is -0.221. The smallest absolute Gasteiger partial charge is 0.308 e. The lowest BCUT2D eigenvalue weighted by Crippen LogP contribution is -2.17. The number of esters is 1. The van der Waals surface area contributed by atoms with Gasteiger partial charge in [-0.1, -0.05) is 33.6 Å². The van der Waals surface area contributed by atoms with Crippen molar-refractivity contribution in [3.63, 3.8) is 0 Å². The van der Waals surface area contributed by atoms with Gasteiger partial charge in [-0.25, -0.2) is 0 Å². The van der Waals surface area contributed by atoms with Gasteiger partial charge >= 0.3 is 5.97 Å². The van der Waals surface area contributed by atoms with Crippen molar-refractivity contribution in [1.29, 1.82) is 5.26 Å². The molecule has 0 aliphatic carbocycles. The number of hydrogen-bond acceptors (Lipinski definition) is 3. The van der Waals surface area contributed by atoms with Gasteiger partial charge in [0.25, 0.3) is 0 Å². The molecule has 0 radical (unpaired) electrons. The van der Waals surface area contributed by atoms with Gasteiger partial charge in [0.15, 0.2) is 0 Å². The lowest BCUT2D eigenvalue weighted by Gasteiger charge is -2.10. The number of ether oxygens (including phenoxy) is 1. The minimum Gasteiger partial charge on any atom is -0.464 e. The van der Waals surface area contributed by atoms with Crippen molar-refractivity contribution in [2.24, 2.45) is 11.8 Å². The summed E-state index contributed by atoms with van der Waals surface area (Å²) >= 11 is 0. The fourth-order valence-corrected chi connectivity index (χ4v) is 0.985. The van der Waals surface area contributed by atoms with E-state index in [9.17, 15) is 4.79 Å². The molecule has 0 fully saturated rings. The zero-order valence-corrected chi connectivity index (χ0v) is 9.25. The maximum atomic E-state index is 11.1. The van der Waals surface area contributed by atoms with Crippen LogP contribution >= 0.6 is 0 Å². The van der Waals surface area contributed by atoms with Crippen molar-refractivity contribution < 1.29 is 9.53 Å². The number of carbonyl (C=O) groups is 1. The zero-order chi connectivity index (χ0) is 11.0. The molecule has 3 heteroatoms. The van der Waals surface area contributed by atoms with Crippen molar-refractivity contribution in [3.8, 4) is 6.07 Å². The Hall–Kier alpha value is -1.04. The number of hydrogen-bond donors (Lipinski definition) is 0. The van der Waals surface area contributed by atoms with E-state index in [-0.39, 0.29) is 24.4 Å². The molecule has 3 nitrogen and oxygen atoms in total. The Morgan fingerprint density at radius 2 is 2.14 bits per heavy atom. The van der Waals surface area contributed by atoms with Gasteiger partial charge in [-0.3, -0.25) is 4.79 Å². The quantitative estimate of drug-likeness (QED) is 0.615. The number of rotatable bonds is 6. The summed E-state index contributed by atoms with van der Waals surface area (Å²) in [4.78, 5) is 11.1. The maximum absolute atomic E-state index is 11.1. The molecule has 0 spiro atoms. The van der Waals surface area contributed by atoms with Crippen LogP contribution in [0.15, 0.2) is 0 Å². The molecule has 1 atom stereocenters. The highest BCUT2D eigenvalue weighted by atomic mass is 16.5. The average molecular weight is 197 g/mol. The molecule has 0 N–H and O–H groups in total. The van der Waals surface area contributed by atoms with Crippen molar-refractivity contribution in [3.05, 3.63) is 0 Å². The first kappa shape index (κ1) is 13.0. The van der Waals surface area contributed by atoms with Crippen LogP contribution in [-0.2, 0) is 9.53 Å². The monoisotopic (exact) mass is 197 g/mol. The summed E-state index contributed by atoms with van der Waals surface area (Å²) in [5.41, 5.74) is 0. The molecule has 14 heavy (non-hydrogen) atoms. The van der Waals surface area contributed by atoms with Gasteiger partial charge in [0.05, 0.1) is 17.9 Å². The summed E-state index contributed by atoms with van der Waals surface area (Å²) in [5.74, 6) is -0.472. The molecule has 0 aliphatic heterocycles. The Morgan fingerprint density at radius 1 is 1.50 bits per heavy atom. The van der Waals surface area contributed by atoms with Crippen molar-refractivity contribution in [2.75, 3.05) is 6.61 Å². The van der Waals surface area contributed by atoms with Crippen LogP contribution in [0.4, 0.5) is 0 Å². The van der Waals surface area contributed by atoms with Crippen LogP contribution in [0.5, 0.6) is 0 Å². The topological polar surface area (TPSA) is 50.1 Å². The van der Waals surface area contributed by atoms with Crippen LogP contribution < -0.4 is 0 Å². The van der Waals surface area contributed by atoms with Gasteiger partial charge in [-0.2, -0.15) is 5.26 Å². The summed E-state index contributed by atoms with van der Waals surface area (Å²) in [6.07, 6.45) is 2.89. The molecule has 80 valence electrons. The molecule has 0 aromatic carbocycles. The largest absolute Gasteiger partial charge is 0.464 e. The van der Waals surface area contributed by atoms with E-state index in [1.807, 2.05) is 0 Å². The lowest BCUT2D eigenvalue weighted by molar-refractivity contribution is -0.148. The van der Waals surface area contributed by atoms with E-state index < -0.39 is 0 Å². The normalized spacial score (nSPS) is 12.2. The number of unbranched alkanes of at least 4 members (excludes halogenated alkanes) is 1. The lowest BCUT2D eigenvalue weighted by atomic mass is 10.1. The van der Waals surface area contributed by atoms with E-state index in [1.54, 1.807) is 13.8 Å². The predicted octanol–water partition coefficient (Wildman–Crippen LogP) is 2.52. The van der Waals surface area contributed by atoms with Gasteiger partial charge in [-0.15, -0.1) is 0 Å². The minimum absolute atomic E-state index is 0.111. The van der Waals surface area contributed by atoms with E-state index in [0.717, 1.165) is 19.3 Å². The van der Waals surface area contributed by atoms with Crippen molar-refractivity contribution in [1.82, 2.24) is 0 Å². The van der Waals surface area contributed by atoms with E-state index >= 15 is 0 Å². The van der Waals surface area contributed by atoms with Crippen LogP contribution in [0.2, 0.25) is 0 Å². The zero-order valence-electron chi connectivity index (χ0n) is 9.25. The van der Waals surface area contributed by atoms with Gasteiger partial charge in [0.2, 0.25) is 0 Å². The third-order valence-electron chi connectivity index (χ3n) is 1.99. The molecule has 0 bridgehead atoms. The van der Waals surface area contributed by atoms with Gasteiger partial charge in [-0.05, 0) is 6.42 Å². The Bertz CT molecular complexity index is 206. The number of carbonyl (C=O) groups excluding carboxylic acids is 1. The van der Waals surface area contributed by atoms with Crippen LogP contribution in [0, 0.1) is 23.2 Å². The first-order valence-electron chi connectivity index (χ1n) is 5.18. The summed E-state index contributed by atoms with van der Waals surface area (Å²) in [6.45, 7) is 5.90. The first-order chi connectivity index (χ1) is 6.61. The van der Waals surface area contributed by atoms with Crippen LogP contribution in [0.25, 0.3) is 0 Å². The Balaban J connectivity index is 3.74. The van der Waals surface area contributed by atoms with Crippen LogP contribution in [0.1, 0.15) is 40.0 Å². The molecule has 0 saturated carbocycles. The standard InChI is InChI=1S/C11H19NO2/c1-4-5-6-10(7-12)8-14-11(13)9(2)3/h9-10H,4-6,8H2,1-3H3. The van der Waals surface area contributed by atoms with E-state index in [0.29, 0.717) is 0 Å². The molecule has 0 aliphatic rings. The fourth-order valence-electron chi connectivity index (χ4n) is 0.985. The second-order valence-electron chi connectivity index (χ2n) is 3.75. The molecule has 0 heterocycles. The van der Waals surface area contributed by atoms with E-state index in [2.05, 4.69) is 13.0 Å². The Morgan fingerprint density at radius 3 is 2.57 bits per heavy atom. The molecular formula is C11H19NO2. The van der Waals surface area contributed by atoms with Crippen molar-refractivity contribution in [2.45, 2.75) is 40.0 Å². The van der Waals surface area contributed by atoms with Gasteiger partial charge < -0.3 is 4.74 Å². The molecule has 0 saturated heterocycles. The van der Waals surface area contributed by atoms with E-state index in [4.69, 9.17) is 10.00 Å². The van der Waals surface area contributed by atoms with Crippen LogP contribution in [0.3, 0.4) is 0 Å². The summed E-state index contributed by atoms with van der Waals surface area (Å²) in [5, 5.41) is 8.76. The highest BCUT2D eigenvalue weighted by Crippen LogP contribution is 2.09. The maximum Gasteiger partial charge on any atom is 0.308 e. The van der Waals surface area contributed by atoms with Gasteiger partial charge in [0, 0.05) is 0 Å². The highest BCUT2D eigenvalue weighted by Gasteiger charge is 2.12. The molecule has 0 rings (SSSR count). The molecule has 0 amide bonds. The SMILES string of the molecule is CCCCC(C#N)COC(=O)C(C)C. The summed E-state index contributed by atoms with van der Waals surface area (Å²) < 4.78 is 4.99. The van der Waals surface area contributed by atoms with Crippen molar-refractivity contribution >= 4 is 5.97 Å². The molecule has 0 aromatic heterocycles. The third-order valence-corrected chi connectivity index (χ3v) is 1.99. The van der Waals surface area contributed by atoms with E-state index in [1.165, 1.54) is 0 Å². The summed E-state index contributed by atoms with van der Waals surface area (Å²) in [6, 6.07) is 2.15. The second-order valence-corrected chi connectivity index (χ2v) is 3.75. The molecule has 1 unspecified atom stereocenters. The number of nitriles is 1. The molecular weight excluding hydrogens is 178 g/mol. The fraction of sp³-hybridized carbons (Fsp3) is 0.818. The highest BCUT2D eigenvalue weighted by molar-refractivity contribution is 5.71. The van der Waals surface area contributed by atoms with Gasteiger partial charge in [0.1, 0.15) is 6.61 Å². The predicted molar refractivity (Wildman–Crippen MR) is 54.4 cm³/mol. The Kier molecular flexibility index (Phi) is 6.82. The Labute approximate surface area is 86.1 Å².